The zero-order valence-electron chi connectivity index (χ0n) is 10.8. The molecule has 1 atom stereocenters. The quantitative estimate of drug-likeness (QED) is 0.813. The highest BCUT2D eigenvalue weighted by atomic mass is 31.2. The van der Waals surface area contributed by atoms with Crippen molar-refractivity contribution in [3.8, 4) is 0 Å². The molecular weight excluding hydrogens is 269 g/mol. The van der Waals surface area contributed by atoms with E-state index in [9.17, 15) is 9.36 Å². The summed E-state index contributed by atoms with van der Waals surface area (Å²) in [6.45, 7) is 3.70. The molecule has 104 valence electrons. The number of phosphoric ester groups is 1. The highest BCUT2D eigenvalue weighted by Crippen LogP contribution is 2.54. The number of hydrogen-bond donors (Lipinski definition) is 1. The van der Waals surface area contributed by atoms with Gasteiger partial charge in [0, 0.05) is 11.3 Å². The summed E-state index contributed by atoms with van der Waals surface area (Å²) in [7, 11) is -3.72. The molecule has 1 aromatic rings. The summed E-state index contributed by atoms with van der Waals surface area (Å²) in [5, 5.41) is 2.66. The molecule has 6 nitrogen and oxygen atoms in total. The first-order valence-corrected chi connectivity index (χ1v) is 7.53. The van der Waals surface area contributed by atoms with Crippen LogP contribution in [0, 0.1) is 0 Å². The molecule has 19 heavy (non-hydrogen) atoms. The standard InChI is InChI=1S/C12H16NO5P/c1-3-16-19(15,17-4-2)18-11-9-7-5-6-8-10(9)13-12(11)14/h5-8,11H,3-4H2,1-2H3,(H,13,14). The molecule has 0 radical (unpaired) electrons. The second-order valence-electron chi connectivity index (χ2n) is 3.84. The molecule has 1 aliphatic rings. The Labute approximate surface area is 111 Å². The number of carbonyl (C=O) groups excluding carboxylic acids is 1. The van der Waals surface area contributed by atoms with Gasteiger partial charge < -0.3 is 5.32 Å². The number of rotatable bonds is 6. The fourth-order valence-electron chi connectivity index (χ4n) is 1.83. The maximum absolute atomic E-state index is 12.3. The molecule has 0 fully saturated rings. The van der Waals surface area contributed by atoms with Crippen molar-refractivity contribution in [3.63, 3.8) is 0 Å². The minimum Gasteiger partial charge on any atom is -0.323 e. The van der Waals surface area contributed by atoms with Crippen molar-refractivity contribution in [2.24, 2.45) is 0 Å². The Kier molecular flexibility index (Phi) is 4.37. The largest absolute Gasteiger partial charge is 0.475 e. The highest BCUT2D eigenvalue weighted by molar-refractivity contribution is 7.48. The summed E-state index contributed by atoms with van der Waals surface area (Å²) in [6.07, 6.45) is -0.972. The lowest BCUT2D eigenvalue weighted by atomic mass is 10.1. The average molecular weight is 285 g/mol. The third-order valence-corrected chi connectivity index (χ3v) is 4.17. The van der Waals surface area contributed by atoms with Crippen molar-refractivity contribution in [2.45, 2.75) is 20.0 Å². The number of benzene rings is 1. The Hall–Kier alpha value is -1.20. The monoisotopic (exact) mass is 285 g/mol. The summed E-state index contributed by atoms with van der Waals surface area (Å²) >= 11 is 0. The van der Waals surface area contributed by atoms with E-state index in [-0.39, 0.29) is 19.1 Å². The first kappa shape index (κ1) is 14.2. The zero-order valence-corrected chi connectivity index (χ0v) is 11.7. The van der Waals surface area contributed by atoms with Crippen LogP contribution in [0.3, 0.4) is 0 Å². The van der Waals surface area contributed by atoms with Crippen LogP contribution < -0.4 is 5.32 Å². The molecule has 0 aliphatic carbocycles. The van der Waals surface area contributed by atoms with E-state index < -0.39 is 13.9 Å². The van der Waals surface area contributed by atoms with Crippen LogP contribution in [0.4, 0.5) is 5.69 Å². The first-order chi connectivity index (χ1) is 9.09. The molecule has 1 aromatic carbocycles. The maximum atomic E-state index is 12.3. The topological polar surface area (TPSA) is 73.9 Å². The second kappa shape index (κ2) is 5.84. The van der Waals surface area contributed by atoms with Crippen molar-refractivity contribution in [1.82, 2.24) is 0 Å². The number of para-hydroxylation sites is 1. The molecule has 1 unspecified atom stereocenters. The van der Waals surface area contributed by atoms with E-state index in [1.54, 1.807) is 38.1 Å². The smallest absolute Gasteiger partial charge is 0.323 e. The SMILES string of the molecule is CCOP(=O)(OCC)OC1C(=O)Nc2ccccc21. The minimum absolute atomic E-state index is 0.174. The van der Waals surface area contributed by atoms with Gasteiger partial charge in [-0.25, -0.2) is 4.57 Å². The van der Waals surface area contributed by atoms with E-state index in [0.29, 0.717) is 11.3 Å². The van der Waals surface area contributed by atoms with Gasteiger partial charge in [-0.15, -0.1) is 0 Å². The summed E-state index contributed by atoms with van der Waals surface area (Å²) < 4.78 is 27.6. The van der Waals surface area contributed by atoms with Gasteiger partial charge in [0.05, 0.1) is 13.2 Å². The molecule has 2 rings (SSSR count). The third-order valence-electron chi connectivity index (χ3n) is 2.55. The molecule has 7 heteroatoms. The fourth-order valence-corrected chi connectivity index (χ4v) is 3.12. The van der Waals surface area contributed by atoms with Gasteiger partial charge in [-0.1, -0.05) is 18.2 Å². The lowest BCUT2D eigenvalue weighted by Crippen LogP contribution is -2.15. The summed E-state index contributed by atoms with van der Waals surface area (Å²) in [5.41, 5.74) is 1.28. The normalized spacial score (nSPS) is 18.2. The number of anilines is 1. The number of nitrogens with one attached hydrogen (secondary N) is 1. The van der Waals surface area contributed by atoms with Crippen LogP contribution in [0.5, 0.6) is 0 Å². The van der Waals surface area contributed by atoms with Crippen LogP contribution in [0.1, 0.15) is 25.5 Å². The van der Waals surface area contributed by atoms with Crippen LogP contribution in [0.2, 0.25) is 0 Å². The second-order valence-corrected chi connectivity index (χ2v) is 5.47. The van der Waals surface area contributed by atoms with Crippen LogP contribution in [-0.4, -0.2) is 19.1 Å². The van der Waals surface area contributed by atoms with Gasteiger partial charge in [-0.3, -0.25) is 18.4 Å². The van der Waals surface area contributed by atoms with Crippen molar-refractivity contribution < 1.29 is 22.9 Å². The van der Waals surface area contributed by atoms with E-state index >= 15 is 0 Å². The predicted octanol–water partition coefficient (Wildman–Crippen LogP) is 2.88. The Morgan fingerprint density at radius 2 is 1.84 bits per heavy atom. The molecule has 0 aromatic heterocycles. The van der Waals surface area contributed by atoms with Gasteiger partial charge in [-0.2, -0.15) is 0 Å². The molecule has 0 saturated carbocycles. The Morgan fingerprint density at radius 1 is 1.21 bits per heavy atom. The van der Waals surface area contributed by atoms with Gasteiger partial charge in [-0.05, 0) is 19.9 Å². The van der Waals surface area contributed by atoms with Crippen LogP contribution >= 0.6 is 7.82 Å². The maximum Gasteiger partial charge on any atom is 0.475 e. The Bertz CT molecular complexity index is 509. The summed E-state index contributed by atoms with van der Waals surface area (Å²) in [5.74, 6) is -0.374. The van der Waals surface area contributed by atoms with Gasteiger partial charge >= 0.3 is 7.82 Å². The van der Waals surface area contributed by atoms with E-state index in [1.165, 1.54) is 0 Å². The Morgan fingerprint density at radius 3 is 2.47 bits per heavy atom. The van der Waals surface area contributed by atoms with E-state index in [1.807, 2.05) is 0 Å². The summed E-state index contributed by atoms with van der Waals surface area (Å²) in [6, 6.07) is 7.07. The number of hydrogen-bond acceptors (Lipinski definition) is 5. The predicted molar refractivity (Wildman–Crippen MR) is 69.8 cm³/mol. The van der Waals surface area contributed by atoms with Crippen LogP contribution in [0.15, 0.2) is 24.3 Å². The first-order valence-electron chi connectivity index (χ1n) is 6.07. The van der Waals surface area contributed by atoms with E-state index in [4.69, 9.17) is 13.6 Å². The molecule has 0 spiro atoms. The molecular formula is C12H16NO5P. The van der Waals surface area contributed by atoms with Crippen molar-refractivity contribution in [2.75, 3.05) is 18.5 Å². The lowest BCUT2D eigenvalue weighted by Gasteiger charge is -2.19. The molecule has 0 bridgehead atoms. The van der Waals surface area contributed by atoms with Crippen molar-refractivity contribution in [1.29, 1.82) is 0 Å². The number of carbonyl (C=O) groups is 1. The van der Waals surface area contributed by atoms with Gasteiger partial charge in [0.15, 0.2) is 6.10 Å². The fraction of sp³-hybridized carbons (Fsp3) is 0.417. The lowest BCUT2D eigenvalue weighted by molar-refractivity contribution is -0.123. The zero-order chi connectivity index (χ0) is 13.9. The Balaban J connectivity index is 2.22. The molecule has 1 aliphatic heterocycles. The van der Waals surface area contributed by atoms with E-state index in [0.717, 1.165) is 0 Å². The van der Waals surface area contributed by atoms with Gasteiger partial charge in [0.25, 0.3) is 5.91 Å². The van der Waals surface area contributed by atoms with E-state index in [2.05, 4.69) is 5.32 Å². The molecule has 1 amide bonds. The molecule has 1 heterocycles. The van der Waals surface area contributed by atoms with Crippen LogP contribution in [-0.2, 0) is 22.9 Å². The third kappa shape index (κ3) is 3.04. The average Bonchev–Trinajstić information content (AvgIpc) is 2.67. The number of phosphoric acid groups is 1. The summed E-state index contributed by atoms with van der Waals surface area (Å²) in [4.78, 5) is 11.8. The molecule has 0 saturated heterocycles. The highest BCUT2D eigenvalue weighted by Gasteiger charge is 2.39. The molecule has 1 N–H and O–H groups in total. The number of fused-ring (bicyclic) bond motifs is 1. The minimum atomic E-state index is -3.72. The van der Waals surface area contributed by atoms with Crippen molar-refractivity contribution in [3.05, 3.63) is 29.8 Å². The van der Waals surface area contributed by atoms with Crippen LogP contribution in [0.25, 0.3) is 0 Å². The van der Waals surface area contributed by atoms with Crippen molar-refractivity contribution >= 4 is 19.4 Å². The van der Waals surface area contributed by atoms with Gasteiger partial charge in [0.2, 0.25) is 0 Å². The number of amides is 1. The van der Waals surface area contributed by atoms with Gasteiger partial charge in [0.1, 0.15) is 0 Å².